The number of phenolic OH excluding ortho intramolecular Hbond substituents is 2. The second-order valence-electron chi connectivity index (χ2n) is 7.60. The molecular formula is C23H26O6. The molecule has 6 heteroatoms. The van der Waals surface area contributed by atoms with Gasteiger partial charge in [0.05, 0.1) is 17.5 Å². The molecule has 2 rings (SSSR count). The van der Waals surface area contributed by atoms with Gasteiger partial charge in [-0.2, -0.15) is 0 Å². The highest BCUT2D eigenvalue weighted by Crippen LogP contribution is 2.36. The van der Waals surface area contributed by atoms with Gasteiger partial charge >= 0.3 is 5.97 Å². The van der Waals surface area contributed by atoms with Gasteiger partial charge in [0.25, 0.3) is 0 Å². The highest BCUT2D eigenvalue weighted by Gasteiger charge is 2.35. The summed E-state index contributed by atoms with van der Waals surface area (Å²) in [4.78, 5) is 38.0. The third-order valence-corrected chi connectivity index (χ3v) is 4.81. The first-order valence-corrected chi connectivity index (χ1v) is 9.34. The first-order chi connectivity index (χ1) is 13.5. The van der Waals surface area contributed by atoms with Crippen LogP contribution in [0.3, 0.4) is 0 Å². The van der Waals surface area contributed by atoms with Crippen molar-refractivity contribution in [1.29, 1.82) is 0 Å². The van der Waals surface area contributed by atoms with Gasteiger partial charge in [-0.15, -0.1) is 0 Å². The average molecular weight is 398 g/mol. The number of ketones is 2. The molecule has 0 bridgehead atoms. The number of allylic oxidation sites excluding steroid dienone is 3. The fourth-order valence-corrected chi connectivity index (χ4v) is 2.90. The van der Waals surface area contributed by atoms with Crippen molar-refractivity contribution in [3.63, 3.8) is 0 Å². The molecule has 0 radical (unpaired) electrons. The van der Waals surface area contributed by atoms with Gasteiger partial charge in [0.15, 0.2) is 11.6 Å². The Bertz CT molecular complexity index is 954. The van der Waals surface area contributed by atoms with E-state index in [1.807, 2.05) is 40.7 Å². The fraction of sp³-hybridized carbons (Fsp3) is 0.348. The van der Waals surface area contributed by atoms with Crippen molar-refractivity contribution in [2.75, 3.05) is 0 Å². The molecule has 6 nitrogen and oxygen atoms in total. The van der Waals surface area contributed by atoms with E-state index in [9.17, 15) is 24.6 Å². The molecule has 0 aliphatic heterocycles. The fourth-order valence-electron chi connectivity index (χ4n) is 2.90. The Morgan fingerprint density at radius 2 is 1.62 bits per heavy atom. The highest BCUT2D eigenvalue weighted by atomic mass is 16.5. The van der Waals surface area contributed by atoms with Crippen molar-refractivity contribution in [3.05, 3.63) is 57.7 Å². The van der Waals surface area contributed by atoms with Crippen LogP contribution in [0.2, 0.25) is 0 Å². The number of phenols is 2. The predicted octanol–water partition coefficient (Wildman–Crippen LogP) is 4.42. The lowest BCUT2D eigenvalue weighted by Gasteiger charge is -2.23. The Balaban J connectivity index is 2.43. The Morgan fingerprint density at radius 3 is 2.17 bits per heavy atom. The van der Waals surface area contributed by atoms with Crippen LogP contribution in [-0.4, -0.2) is 33.9 Å². The van der Waals surface area contributed by atoms with E-state index in [-0.39, 0.29) is 35.3 Å². The van der Waals surface area contributed by atoms with Gasteiger partial charge in [-0.1, -0.05) is 22.8 Å². The number of ether oxygens (including phenoxy) is 1. The summed E-state index contributed by atoms with van der Waals surface area (Å²) in [5.41, 5.74) is 2.29. The topological polar surface area (TPSA) is 101 Å². The largest absolute Gasteiger partial charge is 0.507 e. The number of hydrogen-bond acceptors (Lipinski definition) is 6. The van der Waals surface area contributed by atoms with Crippen LogP contribution in [0.5, 0.6) is 11.5 Å². The summed E-state index contributed by atoms with van der Waals surface area (Å²) in [7, 11) is 0. The zero-order valence-electron chi connectivity index (χ0n) is 17.3. The van der Waals surface area contributed by atoms with Crippen LogP contribution in [0.15, 0.2) is 46.6 Å². The summed E-state index contributed by atoms with van der Waals surface area (Å²) in [6.07, 6.45) is 2.19. The predicted molar refractivity (Wildman–Crippen MR) is 109 cm³/mol. The van der Waals surface area contributed by atoms with Crippen molar-refractivity contribution in [2.45, 2.75) is 53.6 Å². The van der Waals surface area contributed by atoms with Crippen LogP contribution in [0.4, 0.5) is 0 Å². The summed E-state index contributed by atoms with van der Waals surface area (Å²) in [5.74, 6) is -2.57. The first kappa shape index (κ1) is 22.1. The molecular weight excluding hydrogens is 372 g/mol. The lowest BCUT2D eigenvalue weighted by molar-refractivity contribution is -0.146. The number of esters is 1. The Kier molecular flexibility index (Phi) is 6.80. The summed E-state index contributed by atoms with van der Waals surface area (Å²) < 4.78 is 5.56. The maximum atomic E-state index is 13.0. The van der Waals surface area contributed by atoms with Crippen molar-refractivity contribution in [3.8, 4) is 11.5 Å². The standard InChI is InChI=1S/C23H26O6/c1-12(2)6-9-19(29-20(27)10-14(5)13(3)4)15-11-18(26)21-16(24)7-8-17(25)22(21)23(15)28/h6-8,11,19,24-25H,9-10H2,1-5H3. The zero-order chi connectivity index (χ0) is 21.9. The number of carbonyl (C=O) groups excluding carboxylic acids is 3. The molecule has 1 aliphatic carbocycles. The minimum absolute atomic E-state index is 0.0240. The summed E-state index contributed by atoms with van der Waals surface area (Å²) in [6, 6.07) is 2.30. The molecule has 0 spiro atoms. The second-order valence-corrected chi connectivity index (χ2v) is 7.60. The van der Waals surface area contributed by atoms with E-state index in [0.29, 0.717) is 0 Å². The third kappa shape index (κ3) is 5.02. The van der Waals surface area contributed by atoms with Crippen LogP contribution in [-0.2, 0) is 9.53 Å². The quantitative estimate of drug-likeness (QED) is 0.418. The molecule has 0 aromatic heterocycles. The number of rotatable bonds is 6. The lowest BCUT2D eigenvalue weighted by atomic mass is 9.85. The minimum Gasteiger partial charge on any atom is -0.507 e. The SMILES string of the molecule is CC(C)=CCC(OC(=O)CC(C)=C(C)C)C1=CC(=O)c2c(O)ccc(O)c2C1=O. The highest BCUT2D eigenvalue weighted by molar-refractivity contribution is 6.27. The van der Waals surface area contributed by atoms with E-state index >= 15 is 0 Å². The van der Waals surface area contributed by atoms with Gasteiger partial charge in [0.1, 0.15) is 17.6 Å². The van der Waals surface area contributed by atoms with E-state index in [1.54, 1.807) is 0 Å². The molecule has 1 atom stereocenters. The number of carbonyl (C=O) groups is 3. The Morgan fingerprint density at radius 1 is 1.03 bits per heavy atom. The second kappa shape index (κ2) is 8.90. The third-order valence-electron chi connectivity index (χ3n) is 4.81. The molecule has 0 saturated carbocycles. The van der Waals surface area contributed by atoms with E-state index < -0.39 is 29.4 Å². The molecule has 0 saturated heterocycles. The molecule has 2 N–H and O–H groups in total. The lowest BCUT2D eigenvalue weighted by Crippen LogP contribution is -2.29. The number of benzene rings is 1. The number of aromatic hydroxyl groups is 2. The van der Waals surface area contributed by atoms with Crippen LogP contribution >= 0.6 is 0 Å². The number of Topliss-reactive ketones (excluding diaryl/α,β-unsaturated/α-hetero) is 1. The normalized spacial score (nSPS) is 13.9. The molecule has 0 heterocycles. The van der Waals surface area contributed by atoms with E-state index in [4.69, 9.17) is 4.74 Å². The molecule has 0 fully saturated rings. The van der Waals surface area contributed by atoms with Crippen molar-refractivity contribution in [2.24, 2.45) is 0 Å². The summed E-state index contributed by atoms with van der Waals surface area (Å²) >= 11 is 0. The minimum atomic E-state index is -0.978. The van der Waals surface area contributed by atoms with Crippen LogP contribution in [0.1, 0.15) is 68.2 Å². The molecule has 29 heavy (non-hydrogen) atoms. The molecule has 1 aliphatic rings. The van der Waals surface area contributed by atoms with Gasteiger partial charge in [-0.3, -0.25) is 14.4 Å². The first-order valence-electron chi connectivity index (χ1n) is 9.34. The van der Waals surface area contributed by atoms with Crippen molar-refractivity contribution >= 4 is 17.5 Å². The molecule has 0 amide bonds. The van der Waals surface area contributed by atoms with Gasteiger partial charge in [-0.25, -0.2) is 0 Å². The maximum Gasteiger partial charge on any atom is 0.310 e. The zero-order valence-corrected chi connectivity index (χ0v) is 17.3. The van der Waals surface area contributed by atoms with E-state index in [2.05, 4.69) is 0 Å². The number of fused-ring (bicyclic) bond motifs is 1. The van der Waals surface area contributed by atoms with Gasteiger partial charge in [0, 0.05) is 12.0 Å². The summed E-state index contributed by atoms with van der Waals surface area (Å²) in [6.45, 7) is 9.34. The smallest absolute Gasteiger partial charge is 0.310 e. The molecule has 154 valence electrons. The van der Waals surface area contributed by atoms with Crippen LogP contribution in [0.25, 0.3) is 0 Å². The maximum absolute atomic E-state index is 13.0. The molecule has 1 unspecified atom stereocenters. The van der Waals surface area contributed by atoms with E-state index in [1.165, 1.54) is 0 Å². The Labute approximate surface area is 170 Å². The van der Waals surface area contributed by atoms with Crippen LogP contribution in [0, 0.1) is 0 Å². The van der Waals surface area contributed by atoms with Crippen molar-refractivity contribution in [1.82, 2.24) is 0 Å². The molecule has 1 aromatic rings. The Hall–Kier alpha value is -3.15. The van der Waals surface area contributed by atoms with E-state index in [0.717, 1.165) is 34.9 Å². The van der Waals surface area contributed by atoms with Gasteiger partial charge < -0.3 is 14.9 Å². The van der Waals surface area contributed by atoms with Gasteiger partial charge in [-0.05, 0) is 52.8 Å². The molecule has 1 aromatic carbocycles. The van der Waals surface area contributed by atoms with Crippen molar-refractivity contribution < 1.29 is 29.3 Å². The average Bonchev–Trinajstić information content (AvgIpc) is 2.63. The number of hydrogen-bond donors (Lipinski definition) is 2. The summed E-state index contributed by atoms with van der Waals surface area (Å²) in [5, 5.41) is 20.1. The van der Waals surface area contributed by atoms with Crippen LogP contribution < -0.4 is 0 Å². The monoisotopic (exact) mass is 398 g/mol. The van der Waals surface area contributed by atoms with Gasteiger partial charge in [0.2, 0.25) is 0 Å².